The lowest BCUT2D eigenvalue weighted by atomic mass is 10.0. The molecule has 0 amide bonds. The van der Waals surface area contributed by atoms with Gasteiger partial charge in [-0.25, -0.2) is 9.13 Å². The van der Waals surface area contributed by atoms with Crippen LogP contribution in [0.3, 0.4) is 0 Å². The lowest BCUT2D eigenvalue weighted by Crippen LogP contribution is -2.30. The minimum atomic E-state index is -4.95. The molecule has 0 heterocycles. The van der Waals surface area contributed by atoms with Gasteiger partial charge in [-0.05, 0) is 31.6 Å². The van der Waals surface area contributed by atoms with E-state index in [1.165, 1.54) is 173 Å². The second kappa shape index (κ2) is 62.5. The zero-order chi connectivity index (χ0) is 64.9. The summed E-state index contributed by atoms with van der Waals surface area (Å²) in [5.74, 6) is -1.40. The Bertz CT molecular complexity index is 1700. The van der Waals surface area contributed by atoms with Gasteiger partial charge in [-0.1, -0.05) is 304 Å². The highest BCUT2D eigenvalue weighted by Crippen LogP contribution is 2.45. The molecule has 0 rings (SSSR count). The Balaban J connectivity index is 5.15. The van der Waals surface area contributed by atoms with E-state index in [-0.39, 0.29) is 25.7 Å². The van der Waals surface area contributed by atoms with Crippen LogP contribution < -0.4 is 0 Å². The fraction of sp³-hybridized carbons (Fsp3) is 0.942. The van der Waals surface area contributed by atoms with Gasteiger partial charge in [0.25, 0.3) is 0 Å². The van der Waals surface area contributed by atoms with Crippen molar-refractivity contribution < 1.29 is 80.2 Å². The third-order valence-corrected chi connectivity index (χ3v) is 17.9. The van der Waals surface area contributed by atoms with Crippen molar-refractivity contribution in [2.24, 2.45) is 5.92 Å². The Hall–Kier alpha value is -1.94. The summed E-state index contributed by atoms with van der Waals surface area (Å²) in [6.45, 7) is 7.13. The second-order valence-electron chi connectivity index (χ2n) is 25.4. The summed E-state index contributed by atoms with van der Waals surface area (Å²) in [6.07, 6.45) is 49.0. The number of unbranched alkanes of at least 4 members (excludes halogenated alkanes) is 41. The van der Waals surface area contributed by atoms with Crippen molar-refractivity contribution in [3.05, 3.63) is 0 Å². The molecular formula is C69H134O17P2. The summed E-state index contributed by atoms with van der Waals surface area (Å²) in [5.41, 5.74) is 0. The first-order valence-electron chi connectivity index (χ1n) is 36.1. The number of phosphoric ester groups is 2. The molecule has 0 bridgehead atoms. The Morgan fingerprint density at radius 3 is 0.773 bits per heavy atom. The van der Waals surface area contributed by atoms with Gasteiger partial charge in [0.2, 0.25) is 0 Å². The zero-order valence-corrected chi connectivity index (χ0v) is 58.6. The molecule has 0 radical (unpaired) electrons. The van der Waals surface area contributed by atoms with E-state index in [0.29, 0.717) is 25.7 Å². The van der Waals surface area contributed by atoms with Gasteiger partial charge < -0.3 is 33.8 Å². The number of carbonyl (C=O) groups excluding carboxylic acids is 4. The maximum atomic E-state index is 13.0. The minimum Gasteiger partial charge on any atom is -0.462 e. The first-order valence-corrected chi connectivity index (χ1v) is 39.1. The van der Waals surface area contributed by atoms with Crippen molar-refractivity contribution >= 4 is 39.5 Å². The van der Waals surface area contributed by atoms with Crippen molar-refractivity contribution in [3.63, 3.8) is 0 Å². The van der Waals surface area contributed by atoms with Crippen LogP contribution in [0.2, 0.25) is 0 Å². The molecule has 0 aliphatic carbocycles. The van der Waals surface area contributed by atoms with Gasteiger partial charge in [-0.15, -0.1) is 0 Å². The molecule has 0 fully saturated rings. The summed E-state index contributed by atoms with van der Waals surface area (Å²) >= 11 is 0. The molecule has 5 atom stereocenters. The molecule has 0 aliphatic heterocycles. The molecule has 17 nitrogen and oxygen atoms in total. The van der Waals surface area contributed by atoms with Crippen molar-refractivity contribution in [3.8, 4) is 0 Å². The normalized spacial score (nSPS) is 14.1. The molecule has 0 aromatic heterocycles. The summed E-state index contributed by atoms with van der Waals surface area (Å²) in [4.78, 5) is 72.2. The number of aliphatic hydroxyl groups is 1. The SMILES string of the molecule is CCCCCCCCCCCCCCCCCCCCC(=O)O[C@H](COC(=O)CCCCCCCCCCCCCCC)COP(=O)(O)OC[C@@H](O)COP(=O)(O)OC[C@@H](COC(=O)CCCCCCC)OC(=O)CCCCCCCCCCCC(C)C. The van der Waals surface area contributed by atoms with Gasteiger partial charge in [0.15, 0.2) is 12.2 Å². The highest BCUT2D eigenvalue weighted by Gasteiger charge is 2.30. The Morgan fingerprint density at radius 1 is 0.307 bits per heavy atom. The quantitative estimate of drug-likeness (QED) is 0.0222. The number of carbonyl (C=O) groups is 4. The van der Waals surface area contributed by atoms with Gasteiger partial charge in [0.1, 0.15) is 19.3 Å². The molecule has 2 unspecified atom stereocenters. The van der Waals surface area contributed by atoms with E-state index < -0.39 is 97.5 Å². The molecule has 0 saturated carbocycles. The third-order valence-electron chi connectivity index (χ3n) is 16.0. The number of hydrogen-bond acceptors (Lipinski definition) is 15. The molecule has 0 aliphatic rings. The van der Waals surface area contributed by atoms with Crippen LogP contribution in [0, 0.1) is 5.92 Å². The van der Waals surface area contributed by atoms with Crippen LogP contribution in [0.1, 0.15) is 356 Å². The van der Waals surface area contributed by atoms with E-state index in [0.717, 1.165) is 102 Å². The van der Waals surface area contributed by atoms with E-state index >= 15 is 0 Å². The third kappa shape index (κ3) is 62.8. The number of ether oxygens (including phenoxy) is 4. The summed E-state index contributed by atoms with van der Waals surface area (Å²) in [7, 11) is -9.89. The predicted octanol–water partition coefficient (Wildman–Crippen LogP) is 19.7. The molecule has 88 heavy (non-hydrogen) atoms. The Labute approximate surface area is 537 Å². The number of hydrogen-bond donors (Lipinski definition) is 3. The van der Waals surface area contributed by atoms with Gasteiger partial charge in [-0.3, -0.25) is 37.3 Å². The molecule has 0 saturated heterocycles. The Kier molecular flexibility index (Phi) is 61.1. The first kappa shape index (κ1) is 86.1. The van der Waals surface area contributed by atoms with E-state index in [1.54, 1.807) is 0 Å². The number of rotatable bonds is 69. The van der Waals surface area contributed by atoms with Crippen LogP contribution in [0.5, 0.6) is 0 Å². The van der Waals surface area contributed by atoms with Gasteiger partial charge in [-0.2, -0.15) is 0 Å². The summed E-state index contributed by atoms with van der Waals surface area (Å²) in [6, 6.07) is 0. The first-order chi connectivity index (χ1) is 42.5. The molecule has 3 N–H and O–H groups in total. The van der Waals surface area contributed by atoms with Gasteiger partial charge in [0.05, 0.1) is 26.4 Å². The highest BCUT2D eigenvalue weighted by molar-refractivity contribution is 7.47. The van der Waals surface area contributed by atoms with E-state index in [2.05, 4.69) is 34.6 Å². The van der Waals surface area contributed by atoms with Crippen LogP contribution in [0.4, 0.5) is 0 Å². The molecule has 0 spiro atoms. The molecule has 19 heteroatoms. The van der Waals surface area contributed by atoms with Crippen LogP contribution in [0.15, 0.2) is 0 Å². The van der Waals surface area contributed by atoms with Crippen molar-refractivity contribution in [1.82, 2.24) is 0 Å². The molecule has 0 aromatic carbocycles. The largest absolute Gasteiger partial charge is 0.472 e. The maximum absolute atomic E-state index is 13.0. The Morgan fingerprint density at radius 2 is 0.523 bits per heavy atom. The molecule has 0 aromatic rings. The summed E-state index contributed by atoms with van der Waals surface area (Å²) < 4.78 is 68.0. The van der Waals surface area contributed by atoms with Gasteiger partial charge >= 0.3 is 39.5 Å². The van der Waals surface area contributed by atoms with E-state index in [1.807, 2.05) is 0 Å². The van der Waals surface area contributed by atoms with Crippen molar-refractivity contribution in [2.45, 2.75) is 374 Å². The highest BCUT2D eigenvalue weighted by atomic mass is 31.2. The lowest BCUT2D eigenvalue weighted by Gasteiger charge is -2.21. The van der Waals surface area contributed by atoms with E-state index in [9.17, 15) is 43.2 Å². The monoisotopic (exact) mass is 1300 g/mol. The smallest absolute Gasteiger partial charge is 0.462 e. The van der Waals surface area contributed by atoms with Gasteiger partial charge in [0, 0.05) is 25.7 Å². The van der Waals surface area contributed by atoms with Crippen LogP contribution in [-0.4, -0.2) is 96.7 Å². The van der Waals surface area contributed by atoms with Crippen LogP contribution in [0.25, 0.3) is 0 Å². The lowest BCUT2D eigenvalue weighted by molar-refractivity contribution is -0.161. The number of esters is 4. The number of aliphatic hydroxyl groups excluding tert-OH is 1. The number of phosphoric acid groups is 2. The zero-order valence-electron chi connectivity index (χ0n) is 56.9. The van der Waals surface area contributed by atoms with Crippen molar-refractivity contribution in [2.75, 3.05) is 39.6 Å². The van der Waals surface area contributed by atoms with Crippen LogP contribution >= 0.6 is 15.6 Å². The minimum absolute atomic E-state index is 0.105. The fourth-order valence-corrected chi connectivity index (χ4v) is 12.0. The second-order valence-corrected chi connectivity index (χ2v) is 28.3. The average molecular weight is 1300 g/mol. The fourth-order valence-electron chi connectivity index (χ4n) is 10.5. The van der Waals surface area contributed by atoms with Crippen molar-refractivity contribution in [1.29, 1.82) is 0 Å². The topological polar surface area (TPSA) is 237 Å². The standard InChI is InChI=1S/C69H134O17P2/c1-6-9-12-15-17-19-21-23-24-25-26-27-29-31-35-39-44-49-54-68(73)86-65(59-80-67(72)53-48-43-38-34-30-28-22-20-18-16-13-10-7-2)61-84-88(77,78)82-57-63(70)56-81-87(75,76)83-60-64(58-79-66(71)52-47-41-14-11-8-3)85-69(74)55-50-45-40-36-32-33-37-42-46-51-62(4)5/h62-65,70H,6-61H2,1-5H3,(H,75,76)(H,77,78)/t63-,64+,65+/m0/s1. The maximum Gasteiger partial charge on any atom is 0.472 e. The van der Waals surface area contributed by atoms with Crippen LogP contribution in [-0.2, 0) is 65.4 Å². The predicted molar refractivity (Wildman–Crippen MR) is 354 cm³/mol. The molecule has 522 valence electrons. The molecular weight excluding hydrogens is 1160 g/mol. The average Bonchev–Trinajstić information content (AvgIpc) is 3.59. The summed E-state index contributed by atoms with van der Waals surface area (Å²) in [5, 5.41) is 10.5. The van der Waals surface area contributed by atoms with E-state index in [4.69, 9.17) is 37.0 Å².